The summed E-state index contributed by atoms with van der Waals surface area (Å²) in [6.07, 6.45) is -0.446. The summed E-state index contributed by atoms with van der Waals surface area (Å²) in [6, 6.07) is 0. The predicted octanol–water partition coefficient (Wildman–Crippen LogP) is -0.489. The molecule has 0 fully saturated rings. The quantitative estimate of drug-likeness (QED) is 0.516. The van der Waals surface area contributed by atoms with Crippen LogP contribution in [0.4, 0.5) is 0 Å². The van der Waals surface area contributed by atoms with Gasteiger partial charge in [-0.1, -0.05) is 0 Å². The molecule has 0 aliphatic heterocycles. The fourth-order valence-corrected chi connectivity index (χ4v) is 0.569. The van der Waals surface area contributed by atoms with E-state index in [1.807, 2.05) is 0 Å². The first-order valence-electron chi connectivity index (χ1n) is 3.07. The number of nitrogens with two attached hydrogens (primary N) is 1. The van der Waals surface area contributed by atoms with Crippen molar-refractivity contribution in [1.29, 1.82) is 0 Å². The van der Waals surface area contributed by atoms with Gasteiger partial charge < -0.3 is 15.9 Å². The van der Waals surface area contributed by atoms with Crippen LogP contribution in [0, 0.1) is 5.41 Å². The van der Waals surface area contributed by atoms with Crippen LogP contribution < -0.4 is 5.73 Å². The molecular formula is C6H11NO4. The molecule has 0 aromatic heterocycles. The highest BCUT2D eigenvalue weighted by atomic mass is 16.4. The Hall–Kier alpha value is -1.10. The van der Waals surface area contributed by atoms with Crippen molar-refractivity contribution in [2.75, 3.05) is 6.54 Å². The van der Waals surface area contributed by atoms with Crippen LogP contribution in [-0.2, 0) is 9.59 Å². The van der Waals surface area contributed by atoms with E-state index in [4.69, 9.17) is 15.9 Å². The highest BCUT2D eigenvalue weighted by molar-refractivity contribution is 5.81. The molecule has 0 rings (SSSR count). The summed E-state index contributed by atoms with van der Waals surface area (Å²) in [6.45, 7) is 1.14. The summed E-state index contributed by atoms with van der Waals surface area (Å²) in [4.78, 5) is 20.6. The summed E-state index contributed by atoms with van der Waals surface area (Å²) in [5.74, 6) is -2.33. The van der Waals surface area contributed by atoms with Crippen molar-refractivity contribution in [3.05, 3.63) is 0 Å². The lowest BCUT2D eigenvalue weighted by Gasteiger charge is -2.19. The molecule has 0 aliphatic rings. The molecule has 4 N–H and O–H groups in total. The molecule has 11 heavy (non-hydrogen) atoms. The highest BCUT2D eigenvalue weighted by Crippen LogP contribution is 2.19. The van der Waals surface area contributed by atoms with Crippen LogP contribution in [0.3, 0.4) is 0 Å². The first-order chi connectivity index (χ1) is 4.92. The molecule has 0 heterocycles. The Balaban J connectivity index is 4.34. The lowest BCUT2D eigenvalue weighted by Crippen LogP contribution is -2.37. The third-order valence-electron chi connectivity index (χ3n) is 1.51. The minimum Gasteiger partial charge on any atom is -0.481 e. The smallest absolute Gasteiger partial charge is 0.311 e. The molecule has 0 aliphatic carbocycles. The monoisotopic (exact) mass is 161 g/mol. The van der Waals surface area contributed by atoms with Crippen LogP contribution in [0.2, 0.25) is 0 Å². The Morgan fingerprint density at radius 1 is 1.45 bits per heavy atom. The van der Waals surface area contributed by atoms with Gasteiger partial charge in [0.15, 0.2) is 0 Å². The van der Waals surface area contributed by atoms with Gasteiger partial charge in [0, 0.05) is 6.54 Å². The van der Waals surface area contributed by atoms with Crippen molar-refractivity contribution in [3.8, 4) is 0 Å². The summed E-state index contributed by atoms with van der Waals surface area (Å²) in [7, 11) is 0. The molecule has 0 amide bonds. The molecule has 5 heteroatoms. The van der Waals surface area contributed by atoms with E-state index in [1.54, 1.807) is 0 Å². The summed E-state index contributed by atoms with van der Waals surface area (Å²) in [5.41, 5.74) is 3.77. The normalized spacial score (nSPS) is 15.5. The van der Waals surface area contributed by atoms with E-state index in [9.17, 15) is 9.59 Å². The third kappa shape index (κ3) is 2.55. The van der Waals surface area contributed by atoms with Gasteiger partial charge in [0.25, 0.3) is 0 Å². The van der Waals surface area contributed by atoms with Crippen molar-refractivity contribution >= 4 is 11.9 Å². The molecular weight excluding hydrogens is 150 g/mol. The van der Waals surface area contributed by atoms with Crippen LogP contribution in [0.5, 0.6) is 0 Å². The first-order valence-corrected chi connectivity index (χ1v) is 3.07. The SMILES string of the molecule is C[C@@](CN)(CC(=O)O)C(=O)O. The topological polar surface area (TPSA) is 101 Å². The maximum Gasteiger partial charge on any atom is 0.311 e. The first kappa shape index (κ1) is 9.90. The van der Waals surface area contributed by atoms with Crippen LogP contribution in [0.25, 0.3) is 0 Å². The molecule has 0 aromatic rings. The van der Waals surface area contributed by atoms with Gasteiger partial charge in [-0.2, -0.15) is 0 Å². The van der Waals surface area contributed by atoms with E-state index in [1.165, 1.54) is 6.92 Å². The van der Waals surface area contributed by atoms with Gasteiger partial charge in [-0.3, -0.25) is 9.59 Å². The number of carbonyl (C=O) groups is 2. The zero-order chi connectivity index (χ0) is 9.07. The van der Waals surface area contributed by atoms with E-state index in [-0.39, 0.29) is 6.54 Å². The second kappa shape index (κ2) is 3.34. The van der Waals surface area contributed by atoms with Crippen molar-refractivity contribution in [2.45, 2.75) is 13.3 Å². The van der Waals surface area contributed by atoms with Crippen molar-refractivity contribution in [1.82, 2.24) is 0 Å². The Labute approximate surface area is 63.8 Å². The van der Waals surface area contributed by atoms with E-state index < -0.39 is 23.8 Å². The Morgan fingerprint density at radius 3 is 2.00 bits per heavy atom. The zero-order valence-electron chi connectivity index (χ0n) is 6.20. The van der Waals surface area contributed by atoms with Crippen LogP contribution in [0.1, 0.15) is 13.3 Å². The Kier molecular flexibility index (Phi) is 3.00. The predicted molar refractivity (Wildman–Crippen MR) is 37.0 cm³/mol. The van der Waals surface area contributed by atoms with Gasteiger partial charge in [-0.25, -0.2) is 0 Å². The van der Waals surface area contributed by atoms with Gasteiger partial charge in [0.1, 0.15) is 0 Å². The minimum absolute atomic E-state index is 0.172. The summed E-state index contributed by atoms with van der Waals surface area (Å²) >= 11 is 0. The van der Waals surface area contributed by atoms with E-state index in [2.05, 4.69) is 0 Å². The van der Waals surface area contributed by atoms with Gasteiger partial charge in [-0.15, -0.1) is 0 Å². The van der Waals surface area contributed by atoms with E-state index >= 15 is 0 Å². The number of aliphatic carboxylic acids is 2. The van der Waals surface area contributed by atoms with Gasteiger partial charge in [0.2, 0.25) is 0 Å². The molecule has 0 saturated heterocycles. The number of rotatable bonds is 4. The second-order valence-corrected chi connectivity index (χ2v) is 2.64. The molecule has 0 bridgehead atoms. The minimum atomic E-state index is -1.34. The third-order valence-corrected chi connectivity index (χ3v) is 1.51. The maximum absolute atomic E-state index is 10.4. The molecule has 1 atom stereocenters. The number of carboxylic acids is 2. The zero-order valence-corrected chi connectivity index (χ0v) is 6.20. The lowest BCUT2D eigenvalue weighted by atomic mass is 9.87. The Morgan fingerprint density at radius 2 is 1.91 bits per heavy atom. The lowest BCUT2D eigenvalue weighted by molar-refractivity contribution is -0.154. The van der Waals surface area contributed by atoms with Gasteiger partial charge >= 0.3 is 11.9 Å². The molecule has 0 unspecified atom stereocenters. The fraction of sp³-hybridized carbons (Fsp3) is 0.667. The molecule has 5 nitrogen and oxygen atoms in total. The Bertz CT molecular complexity index is 179. The average molecular weight is 161 g/mol. The average Bonchev–Trinajstić information content (AvgIpc) is 1.86. The van der Waals surface area contributed by atoms with E-state index in [0.29, 0.717) is 0 Å². The van der Waals surface area contributed by atoms with Crippen molar-refractivity contribution < 1.29 is 19.8 Å². The molecule has 0 saturated carbocycles. The van der Waals surface area contributed by atoms with Crippen molar-refractivity contribution in [2.24, 2.45) is 11.1 Å². The van der Waals surface area contributed by atoms with E-state index in [0.717, 1.165) is 0 Å². The second-order valence-electron chi connectivity index (χ2n) is 2.64. The van der Waals surface area contributed by atoms with Crippen LogP contribution in [0.15, 0.2) is 0 Å². The summed E-state index contributed by atoms with van der Waals surface area (Å²) in [5, 5.41) is 16.8. The van der Waals surface area contributed by atoms with Gasteiger partial charge in [0.05, 0.1) is 11.8 Å². The fourth-order valence-electron chi connectivity index (χ4n) is 0.569. The number of carboxylic acid groups (broad SMARTS) is 2. The number of hydrogen-bond acceptors (Lipinski definition) is 3. The molecule has 0 spiro atoms. The number of hydrogen-bond donors (Lipinski definition) is 3. The van der Waals surface area contributed by atoms with Crippen LogP contribution >= 0.6 is 0 Å². The largest absolute Gasteiger partial charge is 0.481 e. The standard InChI is InChI=1S/C6H11NO4/c1-6(3-7,5(10)11)2-4(8)9/h2-3,7H2,1H3,(H,8,9)(H,10,11)/t6-/m0/s1. The maximum atomic E-state index is 10.4. The van der Waals surface area contributed by atoms with Crippen molar-refractivity contribution in [3.63, 3.8) is 0 Å². The van der Waals surface area contributed by atoms with Crippen LogP contribution in [-0.4, -0.2) is 28.7 Å². The highest BCUT2D eigenvalue weighted by Gasteiger charge is 2.34. The molecule has 0 radical (unpaired) electrons. The van der Waals surface area contributed by atoms with Gasteiger partial charge in [-0.05, 0) is 6.92 Å². The molecule has 0 aromatic carbocycles. The summed E-state index contributed by atoms with van der Waals surface area (Å²) < 4.78 is 0. The molecule has 64 valence electrons.